The first-order valence-corrected chi connectivity index (χ1v) is 8.92. The Morgan fingerprint density at radius 1 is 1.36 bits per heavy atom. The fraction of sp³-hybridized carbons (Fsp3) is 0.333. The molecule has 0 spiro atoms. The third kappa shape index (κ3) is 3.54. The molecule has 22 heavy (non-hydrogen) atoms. The van der Waals surface area contributed by atoms with Crippen LogP contribution >= 0.6 is 0 Å². The van der Waals surface area contributed by atoms with Crippen LogP contribution in [0.4, 0.5) is 0 Å². The Bertz CT molecular complexity index is 769. The van der Waals surface area contributed by atoms with Crippen LogP contribution in [-0.2, 0) is 16.4 Å². The minimum absolute atomic E-state index is 0.0335. The van der Waals surface area contributed by atoms with Crippen molar-refractivity contribution in [2.45, 2.75) is 19.0 Å². The van der Waals surface area contributed by atoms with Crippen molar-refractivity contribution in [1.29, 1.82) is 0 Å². The SMILES string of the molecule is O=C(NC1CCS(=O)(=O)C1)c1cccc(Cn2cccn2)c1. The Kier molecular flexibility index (Phi) is 3.98. The molecule has 1 unspecified atom stereocenters. The van der Waals surface area contributed by atoms with Gasteiger partial charge in [-0.2, -0.15) is 5.10 Å². The van der Waals surface area contributed by atoms with Crippen LogP contribution in [0, 0.1) is 0 Å². The number of amides is 1. The lowest BCUT2D eigenvalue weighted by Crippen LogP contribution is -2.35. The van der Waals surface area contributed by atoms with Crippen LogP contribution in [0.15, 0.2) is 42.7 Å². The fourth-order valence-electron chi connectivity index (χ4n) is 2.57. The largest absolute Gasteiger partial charge is 0.348 e. The van der Waals surface area contributed by atoms with Crippen molar-refractivity contribution in [3.63, 3.8) is 0 Å². The van der Waals surface area contributed by atoms with Gasteiger partial charge in [-0.05, 0) is 30.2 Å². The van der Waals surface area contributed by atoms with Gasteiger partial charge in [0.2, 0.25) is 0 Å². The summed E-state index contributed by atoms with van der Waals surface area (Å²) in [6, 6.07) is 8.84. The highest BCUT2D eigenvalue weighted by Crippen LogP contribution is 2.13. The van der Waals surface area contributed by atoms with E-state index >= 15 is 0 Å². The summed E-state index contributed by atoms with van der Waals surface area (Å²) in [5.41, 5.74) is 1.50. The van der Waals surface area contributed by atoms with Crippen molar-refractivity contribution in [2.75, 3.05) is 11.5 Å². The molecule has 1 amide bonds. The number of carbonyl (C=O) groups excluding carboxylic acids is 1. The number of hydrogen-bond donors (Lipinski definition) is 1. The number of benzene rings is 1. The molecule has 1 fully saturated rings. The average Bonchev–Trinajstić information content (AvgIpc) is 3.09. The summed E-state index contributed by atoms with van der Waals surface area (Å²) in [6.07, 6.45) is 4.05. The van der Waals surface area contributed by atoms with Crippen LogP contribution in [0.25, 0.3) is 0 Å². The topological polar surface area (TPSA) is 81.1 Å². The maximum absolute atomic E-state index is 12.2. The molecule has 2 aromatic rings. The summed E-state index contributed by atoms with van der Waals surface area (Å²) in [5.74, 6) is -0.0485. The van der Waals surface area contributed by atoms with E-state index in [1.807, 2.05) is 24.4 Å². The molecule has 1 saturated heterocycles. The zero-order chi connectivity index (χ0) is 15.6. The summed E-state index contributed by atoms with van der Waals surface area (Å²) < 4.78 is 24.6. The number of sulfone groups is 1. The summed E-state index contributed by atoms with van der Waals surface area (Å²) in [7, 11) is -2.99. The van der Waals surface area contributed by atoms with E-state index in [0.717, 1.165) is 5.56 Å². The van der Waals surface area contributed by atoms with Gasteiger partial charge in [0, 0.05) is 24.0 Å². The molecule has 0 bridgehead atoms. The van der Waals surface area contributed by atoms with Crippen LogP contribution in [-0.4, -0.2) is 41.7 Å². The van der Waals surface area contributed by atoms with E-state index in [1.54, 1.807) is 23.0 Å². The van der Waals surface area contributed by atoms with Crippen LogP contribution in [0.1, 0.15) is 22.3 Å². The third-order valence-corrected chi connectivity index (χ3v) is 5.43. The monoisotopic (exact) mass is 319 g/mol. The standard InChI is InChI=1S/C15H17N3O3S/c19-15(17-14-5-8-22(20,21)11-14)13-4-1-3-12(9-13)10-18-7-2-6-16-18/h1-4,6-7,9,14H,5,8,10-11H2,(H,17,19). The van der Waals surface area contributed by atoms with Gasteiger partial charge in [-0.25, -0.2) is 8.42 Å². The molecular formula is C15H17N3O3S. The van der Waals surface area contributed by atoms with E-state index < -0.39 is 9.84 Å². The van der Waals surface area contributed by atoms with Gasteiger partial charge in [-0.3, -0.25) is 9.48 Å². The Balaban J connectivity index is 1.68. The molecule has 0 aliphatic carbocycles. The average molecular weight is 319 g/mol. The van der Waals surface area contributed by atoms with E-state index in [4.69, 9.17) is 0 Å². The Hall–Kier alpha value is -2.15. The first-order chi connectivity index (χ1) is 10.5. The van der Waals surface area contributed by atoms with Crippen molar-refractivity contribution in [3.05, 3.63) is 53.9 Å². The first kappa shape index (κ1) is 14.8. The van der Waals surface area contributed by atoms with Crippen molar-refractivity contribution in [1.82, 2.24) is 15.1 Å². The molecule has 1 aliphatic heterocycles. The summed E-state index contributed by atoms with van der Waals surface area (Å²) in [6.45, 7) is 0.589. The molecule has 2 heterocycles. The quantitative estimate of drug-likeness (QED) is 0.906. The molecule has 1 aromatic carbocycles. The summed E-state index contributed by atoms with van der Waals surface area (Å²) >= 11 is 0. The van der Waals surface area contributed by atoms with Gasteiger partial charge in [-0.15, -0.1) is 0 Å². The van der Waals surface area contributed by atoms with Gasteiger partial charge in [-0.1, -0.05) is 12.1 Å². The van der Waals surface area contributed by atoms with Gasteiger partial charge in [0.05, 0.1) is 18.1 Å². The van der Waals surface area contributed by atoms with E-state index in [0.29, 0.717) is 18.5 Å². The maximum Gasteiger partial charge on any atom is 0.251 e. The third-order valence-electron chi connectivity index (χ3n) is 3.66. The molecule has 3 rings (SSSR count). The predicted octanol–water partition coefficient (Wildman–Crippen LogP) is 0.848. The second-order valence-electron chi connectivity index (χ2n) is 5.48. The fourth-order valence-corrected chi connectivity index (χ4v) is 4.24. The van der Waals surface area contributed by atoms with Crippen molar-refractivity contribution >= 4 is 15.7 Å². The lowest BCUT2D eigenvalue weighted by atomic mass is 10.1. The Morgan fingerprint density at radius 3 is 2.91 bits per heavy atom. The van der Waals surface area contributed by atoms with E-state index in [9.17, 15) is 13.2 Å². The molecule has 6 nitrogen and oxygen atoms in total. The zero-order valence-corrected chi connectivity index (χ0v) is 12.8. The van der Waals surface area contributed by atoms with E-state index in [2.05, 4.69) is 10.4 Å². The molecule has 1 aromatic heterocycles. The highest BCUT2D eigenvalue weighted by Gasteiger charge is 2.29. The minimum atomic E-state index is -2.99. The molecule has 1 aliphatic rings. The van der Waals surface area contributed by atoms with E-state index in [-0.39, 0.29) is 23.5 Å². The van der Waals surface area contributed by atoms with Crippen LogP contribution in [0.2, 0.25) is 0 Å². The van der Waals surface area contributed by atoms with Gasteiger partial charge in [0.25, 0.3) is 5.91 Å². The predicted molar refractivity (Wildman–Crippen MR) is 82.3 cm³/mol. The highest BCUT2D eigenvalue weighted by atomic mass is 32.2. The molecular weight excluding hydrogens is 302 g/mol. The summed E-state index contributed by atoms with van der Waals surface area (Å²) in [4.78, 5) is 12.2. The van der Waals surface area contributed by atoms with Crippen molar-refractivity contribution in [3.8, 4) is 0 Å². The second kappa shape index (κ2) is 5.92. The van der Waals surface area contributed by atoms with Gasteiger partial charge in [0.1, 0.15) is 0 Å². The normalized spacial score (nSPS) is 19.9. The van der Waals surface area contributed by atoms with Crippen molar-refractivity contribution in [2.24, 2.45) is 0 Å². The van der Waals surface area contributed by atoms with Gasteiger partial charge >= 0.3 is 0 Å². The lowest BCUT2D eigenvalue weighted by Gasteiger charge is -2.11. The number of rotatable bonds is 4. The van der Waals surface area contributed by atoms with Crippen LogP contribution in [0.5, 0.6) is 0 Å². The first-order valence-electron chi connectivity index (χ1n) is 7.09. The number of nitrogens with zero attached hydrogens (tertiary/aromatic N) is 2. The number of hydrogen-bond acceptors (Lipinski definition) is 4. The molecule has 7 heteroatoms. The highest BCUT2D eigenvalue weighted by molar-refractivity contribution is 7.91. The summed E-state index contributed by atoms with van der Waals surface area (Å²) in [5, 5.41) is 6.93. The van der Waals surface area contributed by atoms with Gasteiger partial charge < -0.3 is 5.32 Å². The number of aromatic nitrogens is 2. The molecule has 1 N–H and O–H groups in total. The zero-order valence-electron chi connectivity index (χ0n) is 12.0. The maximum atomic E-state index is 12.2. The smallest absolute Gasteiger partial charge is 0.251 e. The lowest BCUT2D eigenvalue weighted by molar-refractivity contribution is 0.0941. The Morgan fingerprint density at radius 2 is 2.23 bits per heavy atom. The molecule has 0 radical (unpaired) electrons. The second-order valence-corrected chi connectivity index (χ2v) is 7.71. The van der Waals surface area contributed by atoms with Crippen molar-refractivity contribution < 1.29 is 13.2 Å². The number of nitrogens with one attached hydrogen (secondary N) is 1. The van der Waals surface area contributed by atoms with Gasteiger partial charge in [0.15, 0.2) is 9.84 Å². The number of carbonyl (C=O) groups is 1. The minimum Gasteiger partial charge on any atom is -0.348 e. The molecule has 116 valence electrons. The van der Waals surface area contributed by atoms with E-state index in [1.165, 1.54) is 0 Å². The molecule has 1 atom stereocenters. The molecule has 0 saturated carbocycles. The van der Waals surface area contributed by atoms with Crippen LogP contribution < -0.4 is 5.32 Å². The Labute approximate surface area is 129 Å². The van der Waals surface area contributed by atoms with Crippen LogP contribution in [0.3, 0.4) is 0 Å².